The zero-order valence-corrected chi connectivity index (χ0v) is 24.1. The van der Waals surface area contributed by atoms with Gasteiger partial charge in [0.2, 0.25) is 5.91 Å². The van der Waals surface area contributed by atoms with Crippen molar-refractivity contribution in [3.05, 3.63) is 99.5 Å². The summed E-state index contributed by atoms with van der Waals surface area (Å²) in [7, 11) is 0. The molecule has 230 valence electrons. The first-order valence-corrected chi connectivity index (χ1v) is 14.0. The number of fused-ring (bicyclic) bond motifs is 4. The van der Waals surface area contributed by atoms with Gasteiger partial charge in [-0.05, 0) is 55.3 Å². The summed E-state index contributed by atoms with van der Waals surface area (Å²) in [5, 5.41) is 14.0. The Labute approximate surface area is 257 Å². The molecule has 4 aromatic heterocycles. The monoisotopic (exact) mass is 639 g/mol. The maximum atomic E-state index is 13.9. The molecule has 0 aliphatic carbocycles. The topological polar surface area (TPSA) is 121 Å². The summed E-state index contributed by atoms with van der Waals surface area (Å²) in [6.07, 6.45) is 3.28. The van der Waals surface area contributed by atoms with Gasteiger partial charge < -0.3 is 9.73 Å². The SMILES string of the molecule is C[C@@H]1CC/C=C(/c2ccc(-c3cc(Cl)ccc3-n3cc(C(F)F)nn3)oc2=O)c2cc(ccn2)-c2c(cnn2C(F)F)NC1=O. The van der Waals surface area contributed by atoms with E-state index in [1.54, 1.807) is 13.0 Å². The quantitative estimate of drug-likeness (QED) is 0.207. The number of benzene rings is 1. The Morgan fingerprint density at radius 3 is 2.62 bits per heavy atom. The molecule has 0 fully saturated rings. The number of nitrogens with one attached hydrogen (secondary N) is 1. The predicted molar refractivity (Wildman–Crippen MR) is 156 cm³/mol. The zero-order chi connectivity index (χ0) is 31.8. The van der Waals surface area contributed by atoms with Crippen molar-refractivity contribution in [1.82, 2.24) is 29.8 Å². The van der Waals surface area contributed by atoms with Gasteiger partial charge in [0.05, 0.1) is 40.7 Å². The minimum atomic E-state index is -2.99. The number of halogens is 5. The van der Waals surface area contributed by atoms with Gasteiger partial charge >= 0.3 is 12.2 Å². The lowest BCUT2D eigenvalue weighted by Gasteiger charge is -2.16. The number of aromatic nitrogens is 6. The predicted octanol–water partition coefficient (Wildman–Crippen LogP) is 6.93. The second-order valence-corrected chi connectivity index (χ2v) is 10.6. The van der Waals surface area contributed by atoms with Crippen LogP contribution in [0.15, 0.2) is 76.3 Å². The van der Waals surface area contributed by atoms with E-state index in [1.165, 1.54) is 54.9 Å². The molecular weight excluding hydrogens is 618 g/mol. The molecule has 5 aromatic rings. The minimum absolute atomic E-state index is 0.0203. The zero-order valence-electron chi connectivity index (χ0n) is 23.3. The lowest BCUT2D eigenvalue weighted by molar-refractivity contribution is -0.119. The average molecular weight is 640 g/mol. The molecule has 0 saturated carbocycles. The lowest BCUT2D eigenvalue weighted by Crippen LogP contribution is -2.21. The maximum Gasteiger partial charge on any atom is 0.344 e. The van der Waals surface area contributed by atoms with Gasteiger partial charge in [0.15, 0.2) is 0 Å². The fraction of sp³-hybridized carbons (Fsp3) is 0.200. The molecule has 1 aromatic carbocycles. The van der Waals surface area contributed by atoms with E-state index >= 15 is 0 Å². The van der Waals surface area contributed by atoms with Gasteiger partial charge in [-0.15, -0.1) is 5.10 Å². The number of rotatable bonds is 5. The first kappa shape index (κ1) is 29.9. The first-order chi connectivity index (χ1) is 21.6. The van der Waals surface area contributed by atoms with Gasteiger partial charge in [-0.3, -0.25) is 9.78 Å². The van der Waals surface area contributed by atoms with Gasteiger partial charge in [0.25, 0.3) is 6.43 Å². The molecule has 1 N–H and O–H groups in total. The molecule has 1 aliphatic rings. The van der Waals surface area contributed by atoms with E-state index in [4.69, 9.17) is 16.0 Å². The van der Waals surface area contributed by atoms with Gasteiger partial charge in [-0.25, -0.2) is 22.9 Å². The van der Waals surface area contributed by atoms with Crippen molar-refractivity contribution in [1.29, 1.82) is 0 Å². The molecular formula is C30H22ClF4N7O3. The summed E-state index contributed by atoms with van der Waals surface area (Å²) in [6.45, 7) is -1.29. The van der Waals surface area contributed by atoms with Gasteiger partial charge in [0.1, 0.15) is 11.5 Å². The number of carbonyl (C=O) groups is 1. The molecule has 0 unspecified atom stereocenters. The summed E-state index contributed by atoms with van der Waals surface area (Å²) in [4.78, 5) is 30.8. The van der Waals surface area contributed by atoms with Crippen molar-refractivity contribution in [3.63, 3.8) is 0 Å². The Balaban J connectivity index is 1.46. The largest absolute Gasteiger partial charge is 0.422 e. The second kappa shape index (κ2) is 12.1. The van der Waals surface area contributed by atoms with E-state index in [2.05, 4.69) is 25.7 Å². The van der Waals surface area contributed by atoms with Gasteiger partial charge in [-0.2, -0.15) is 13.9 Å². The molecule has 0 saturated heterocycles. The highest BCUT2D eigenvalue weighted by Gasteiger charge is 2.25. The van der Waals surface area contributed by atoms with Crippen LogP contribution in [-0.2, 0) is 4.79 Å². The van der Waals surface area contributed by atoms with Crippen molar-refractivity contribution in [3.8, 4) is 28.3 Å². The van der Waals surface area contributed by atoms with E-state index in [0.29, 0.717) is 33.8 Å². The molecule has 1 aliphatic heterocycles. The fourth-order valence-corrected chi connectivity index (χ4v) is 5.16. The third-order valence-electron chi connectivity index (χ3n) is 7.26. The van der Waals surface area contributed by atoms with Crippen molar-refractivity contribution < 1.29 is 26.8 Å². The standard InChI is InChI=1S/C30H22ClF4N7O3/c1-15-3-2-4-18(21-11-16(9-10-36-21)26-22(38-28(15)43)13-37-42(26)30(34)35)19-6-8-25(45-29(19)44)20-12-17(31)5-7-24(20)41-14-23(27(32)33)39-40-41/h4-15,27,30H,2-3H2,1H3,(H,38,43)/b18-4-/t15-/m1/s1. The lowest BCUT2D eigenvalue weighted by atomic mass is 9.96. The van der Waals surface area contributed by atoms with Crippen LogP contribution in [0, 0.1) is 5.92 Å². The molecule has 0 radical (unpaired) electrons. The van der Waals surface area contributed by atoms with Crippen LogP contribution in [0.4, 0.5) is 23.2 Å². The smallest absolute Gasteiger partial charge is 0.344 e. The van der Waals surface area contributed by atoms with Gasteiger partial charge in [-0.1, -0.05) is 29.8 Å². The second-order valence-electron chi connectivity index (χ2n) is 10.2. The average Bonchev–Trinajstić information content (AvgIpc) is 3.67. The molecule has 1 amide bonds. The number of nitrogens with zero attached hydrogens (tertiary/aromatic N) is 6. The Morgan fingerprint density at radius 1 is 1.07 bits per heavy atom. The summed E-state index contributed by atoms with van der Waals surface area (Å²) in [5.74, 6) is -0.802. The van der Waals surface area contributed by atoms with Crippen LogP contribution in [-0.4, -0.2) is 35.7 Å². The van der Waals surface area contributed by atoms with Crippen LogP contribution in [0.5, 0.6) is 0 Å². The third kappa shape index (κ3) is 5.88. The molecule has 10 nitrogen and oxygen atoms in total. The normalized spacial score (nSPS) is 16.5. The number of allylic oxidation sites excluding steroid dienone is 1. The minimum Gasteiger partial charge on any atom is -0.422 e. The van der Waals surface area contributed by atoms with Crippen molar-refractivity contribution in [2.45, 2.75) is 32.7 Å². The van der Waals surface area contributed by atoms with Gasteiger partial charge in [0, 0.05) is 33.8 Å². The molecule has 2 bridgehead atoms. The van der Waals surface area contributed by atoms with Crippen LogP contribution in [0.25, 0.3) is 33.8 Å². The van der Waals surface area contributed by atoms with E-state index in [9.17, 15) is 27.2 Å². The highest BCUT2D eigenvalue weighted by Crippen LogP contribution is 2.35. The van der Waals surface area contributed by atoms with Crippen LogP contribution in [0.1, 0.15) is 49.7 Å². The molecule has 6 rings (SSSR count). The highest BCUT2D eigenvalue weighted by atomic mass is 35.5. The molecule has 1 atom stereocenters. The van der Waals surface area contributed by atoms with E-state index in [0.717, 1.165) is 10.9 Å². The Hall–Kier alpha value is -5.11. The van der Waals surface area contributed by atoms with Crippen LogP contribution >= 0.6 is 11.6 Å². The first-order valence-electron chi connectivity index (χ1n) is 13.6. The molecule has 45 heavy (non-hydrogen) atoms. The van der Waals surface area contributed by atoms with E-state index in [1.807, 2.05) is 0 Å². The van der Waals surface area contributed by atoms with Crippen LogP contribution in [0.2, 0.25) is 5.02 Å². The number of amides is 1. The highest BCUT2D eigenvalue weighted by molar-refractivity contribution is 6.31. The van der Waals surface area contributed by atoms with Crippen molar-refractivity contribution in [2.75, 3.05) is 5.32 Å². The maximum absolute atomic E-state index is 13.9. The summed E-state index contributed by atoms with van der Waals surface area (Å²) in [5.41, 5.74) is 0.428. The number of alkyl halides is 4. The molecule has 0 spiro atoms. The number of hydrogen-bond acceptors (Lipinski definition) is 7. The Bertz CT molecular complexity index is 2000. The Morgan fingerprint density at radius 2 is 1.89 bits per heavy atom. The summed E-state index contributed by atoms with van der Waals surface area (Å²) < 4.78 is 61.5. The van der Waals surface area contributed by atoms with Crippen LogP contribution in [0.3, 0.4) is 0 Å². The number of anilines is 1. The fourth-order valence-electron chi connectivity index (χ4n) is 4.99. The molecule has 15 heteroatoms. The number of hydrogen-bond donors (Lipinski definition) is 1. The van der Waals surface area contributed by atoms with E-state index in [-0.39, 0.29) is 45.4 Å². The molecule has 5 heterocycles. The van der Waals surface area contributed by atoms with Crippen LogP contribution < -0.4 is 10.9 Å². The van der Waals surface area contributed by atoms with Crippen molar-refractivity contribution >= 4 is 28.8 Å². The Kier molecular flexibility index (Phi) is 8.06. The van der Waals surface area contributed by atoms with Crippen molar-refractivity contribution in [2.24, 2.45) is 5.92 Å². The summed E-state index contributed by atoms with van der Waals surface area (Å²) in [6, 6.07) is 10.6. The summed E-state index contributed by atoms with van der Waals surface area (Å²) >= 11 is 6.22. The third-order valence-corrected chi connectivity index (χ3v) is 7.50. The van der Waals surface area contributed by atoms with E-state index < -0.39 is 30.2 Å². The number of carbonyl (C=O) groups excluding carboxylic acids is 1. The number of pyridine rings is 1.